The van der Waals surface area contributed by atoms with Gasteiger partial charge < -0.3 is 26.4 Å². The number of aromatic hydroxyl groups is 2. The summed E-state index contributed by atoms with van der Waals surface area (Å²) in [6.07, 6.45) is -0.861. The van der Waals surface area contributed by atoms with Crippen LogP contribution in [-0.4, -0.2) is 27.8 Å². The largest absolute Gasteiger partial charge is 0.504 e. The van der Waals surface area contributed by atoms with Gasteiger partial charge in [0, 0.05) is 17.8 Å². The van der Waals surface area contributed by atoms with Crippen LogP contribution in [0.3, 0.4) is 0 Å². The molecule has 0 aliphatic rings. The summed E-state index contributed by atoms with van der Waals surface area (Å²) < 4.78 is 0. The number of carbonyl (C=O) groups excluding carboxylic acids is 1. The lowest BCUT2D eigenvalue weighted by molar-refractivity contribution is 0.0916. The lowest BCUT2D eigenvalue weighted by atomic mass is 10.1. The van der Waals surface area contributed by atoms with Crippen molar-refractivity contribution in [3.8, 4) is 11.5 Å². The van der Waals surface area contributed by atoms with Crippen molar-refractivity contribution in [1.82, 2.24) is 5.32 Å². The summed E-state index contributed by atoms with van der Waals surface area (Å²) in [4.78, 5) is 11.9. The molecule has 2 aromatic carbocycles. The second kappa shape index (κ2) is 6.15. The maximum Gasteiger partial charge on any atom is 0.251 e. The van der Waals surface area contributed by atoms with E-state index < -0.39 is 12.0 Å². The van der Waals surface area contributed by atoms with E-state index >= 15 is 0 Å². The van der Waals surface area contributed by atoms with E-state index in [1.807, 2.05) is 0 Å². The molecule has 0 aliphatic carbocycles. The van der Waals surface area contributed by atoms with Crippen LogP contribution < -0.4 is 11.1 Å². The molecule has 0 aromatic heterocycles. The molecule has 1 atom stereocenters. The Labute approximate surface area is 121 Å². The van der Waals surface area contributed by atoms with Crippen LogP contribution in [0.25, 0.3) is 0 Å². The van der Waals surface area contributed by atoms with E-state index in [9.17, 15) is 20.1 Å². The number of anilines is 1. The predicted octanol–water partition coefficient (Wildman–Crippen LogP) is 1.14. The van der Waals surface area contributed by atoms with Crippen molar-refractivity contribution >= 4 is 11.6 Å². The SMILES string of the molecule is Nc1ccc(C(O)CNC(=O)c2ccc(O)c(O)c2)cc1. The van der Waals surface area contributed by atoms with Gasteiger partial charge in [0.05, 0.1) is 6.10 Å². The molecule has 0 saturated heterocycles. The van der Waals surface area contributed by atoms with Gasteiger partial charge in [-0.1, -0.05) is 12.1 Å². The van der Waals surface area contributed by atoms with Gasteiger partial charge >= 0.3 is 0 Å². The zero-order chi connectivity index (χ0) is 15.4. The van der Waals surface area contributed by atoms with Crippen molar-refractivity contribution in [2.75, 3.05) is 12.3 Å². The van der Waals surface area contributed by atoms with E-state index in [0.29, 0.717) is 11.3 Å². The van der Waals surface area contributed by atoms with Crippen LogP contribution in [0, 0.1) is 0 Å². The van der Waals surface area contributed by atoms with Gasteiger partial charge in [-0.2, -0.15) is 0 Å². The van der Waals surface area contributed by atoms with Gasteiger partial charge in [-0.3, -0.25) is 4.79 Å². The molecule has 110 valence electrons. The van der Waals surface area contributed by atoms with E-state index in [0.717, 1.165) is 6.07 Å². The number of amides is 1. The number of aliphatic hydroxyl groups is 1. The van der Waals surface area contributed by atoms with E-state index in [2.05, 4.69) is 5.32 Å². The van der Waals surface area contributed by atoms with Crippen molar-refractivity contribution in [3.05, 3.63) is 53.6 Å². The quantitative estimate of drug-likeness (QED) is 0.427. The second-order valence-electron chi connectivity index (χ2n) is 4.60. The normalized spacial score (nSPS) is 11.9. The Balaban J connectivity index is 1.97. The van der Waals surface area contributed by atoms with Gasteiger partial charge in [0.15, 0.2) is 11.5 Å². The van der Waals surface area contributed by atoms with E-state index in [1.165, 1.54) is 12.1 Å². The van der Waals surface area contributed by atoms with Crippen LogP contribution in [-0.2, 0) is 0 Å². The Bertz CT molecular complexity index is 641. The Morgan fingerprint density at radius 2 is 1.76 bits per heavy atom. The summed E-state index contributed by atoms with van der Waals surface area (Å²) in [5, 5.41) is 31.0. The molecule has 0 aliphatic heterocycles. The molecule has 6 N–H and O–H groups in total. The molecule has 0 spiro atoms. The average molecular weight is 288 g/mol. The third-order valence-corrected chi connectivity index (χ3v) is 3.01. The van der Waals surface area contributed by atoms with E-state index in [1.54, 1.807) is 24.3 Å². The Hall–Kier alpha value is -2.73. The number of phenolic OH excluding ortho intramolecular Hbond substituents is 2. The van der Waals surface area contributed by atoms with Crippen molar-refractivity contribution in [1.29, 1.82) is 0 Å². The summed E-state index contributed by atoms with van der Waals surface area (Å²) >= 11 is 0. The highest BCUT2D eigenvalue weighted by molar-refractivity contribution is 5.94. The third kappa shape index (κ3) is 3.64. The van der Waals surface area contributed by atoms with Crippen molar-refractivity contribution in [2.24, 2.45) is 0 Å². The molecular formula is C15H16N2O4. The summed E-state index contributed by atoms with van der Waals surface area (Å²) in [6, 6.07) is 10.4. The van der Waals surface area contributed by atoms with E-state index in [-0.39, 0.29) is 23.6 Å². The number of carbonyl (C=O) groups is 1. The number of aliphatic hydroxyl groups excluding tert-OH is 1. The number of hydrogen-bond acceptors (Lipinski definition) is 5. The van der Waals surface area contributed by atoms with Gasteiger partial charge in [0.1, 0.15) is 0 Å². The lowest BCUT2D eigenvalue weighted by Crippen LogP contribution is -2.28. The number of rotatable bonds is 4. The van der Waals surface area contributed by atoms with Crippen molar-refractivity contribution in [2.45, 2.75) is 6.10 Å². The predicted molar refractivity (Wildman–Crippen MR) is 77.9 cm³/mol. The van der Waals surface area contributed by atoms with Crippen molar-refractivity contribution < 1.29 is 20.1 Å². The molecule has 0 saturated carbocycles. The molecule has 2 rings (SSSR count). The molecule has 6 heteroatoms. The molecule has 0 fully saturated rings. The Morgan fingerprint density at radius 1 is 1.10 bits per heavy atom. The number of nitrogens with one attached hydrogen (secondary N) is 1. The van der Waals surface area contributed by atoms with Crippen molar-refractivity contribution in [3.63, 3.8) is 0 Å². The van der Waals surface area contributed by atoms with Gasteiger partial charge in [-0.05, 0) is 35.9 Å². The minimum atomic E-state index is -0.861. The molecular weight excluding hydrogens is 272 g/mol. The fraction of sp³-hybridized carbons (Fsp3) is 0.133. The Kier molecular flexibility index (Phi) is 4.30. The zero-order valence-corrected chi connectivity index (χ0v) is 11.2. The summed E-state index contributed by atoms with van der Waals surface area (Å²) in [5.74, 6) is -1.13. The Morgan fingerprint density at radius 3 is 2.38 bits per heavy atom. The minimum absolute atomic E-state index is 0.0182. The first-order chi connectivity index (χ1) is 9.97. The molecule has 0 heterocycles. The first-order valence-corrected chi connectivity index (χ1v) is 6.31. The highest BCUT2D eigenvalue weighted by atomic mass is 16.3. The standard InChI is InChI=1S/C15H16N2O4/c16-11-4-1-9(2-5-11)14(20)8-17-15(21)10-3-6-12(18)13(19)7-10/h1-7,14,18-20H,8,16H2,(H,17,21). The minimum Gasteiger partial charge on any atom is -0.504 e. The summed E-state index contributed by atoms with van der Waals surface area (Å²) in [5.41, 5.74) is 6.97. The van der Waals surface area contributed by atoms with Gasteiger partial charge in [0.2, 0.25) is 0 Å². The fourth-order valence-corrected chi connectivity index (χ4v) is 1.79. The zero-order valence-electron chi connectivity index (χ0n) is 11.2. The summed E-state index contributed by atoms with van der Waals surface area (Å²) in [6.45, 7) is 0.0182. The monoisotopic (exact) mass is 288 g/mol. The fourth-order valence-electron chi connectivity index (χ4n) is 1.79. The molecule has 0 radical (unpaired) electrons. The van der Waals surface area contributed by atoms with Crippen LogP contribution in [0.2, 0.25) is 0 Å². The number of phenols is 2. The molecule has 21 heavy (non-hydrogen) atoms. The van der Waals surface area contributed by atoms with Gasteiger partial charge in [0.25, 0.3) is 5.91 Å². The molecule has 2 aromatic rings. The molecule has 1 unspecified atom stereocenters. The maximum atomic E-state index is 11.9. The molecule has 1 amide bonds. The van der Waals surface area contributed by atoms with Crippen LogP contribution in [0.5, 0.6) is 11.5 Å². The van der Waals surface area contributed by atoms with E-state index in [4.69, 9.17) is 5.73 Å². The molecule has 6 nitrogen and oxygen atoms in total. The average Bonchev–Trinajstić information content (AvgIpc) is 2.48. The second-order valence-corrected chi connectivity index (χ2v) is 4.60. The molecule has 0 bridgehead atoms. The first kappa shape index (κ1) is 14.7. The first-order valence-electron chi connectivity index (χ1n) is 6.31. The van der Waals surface area contributed by atoms with Crippen LogP contribution >= 0.6 is 0 Å². The summed E-state index contributed by atoms with van der Waals surface area (Å²) in [7, 11) is 0. The maximum absolute atomic E-state index is 11.9. The number of hydrogen-bond donors (Lipinski definition) is 5. The highest BCUT2D eigenvalue weighted by Gasteiger charge is 2.12. The smallest absolute Gasteiger partial charge is 0.251 e. The van der Waals surface area contributed by atoms with Gasteiger partial charge in [-0.15, -0.1) is 0 Å². The number of nitrogen functional groups attached to an aromatic ring is 1. The number of benzene rings is 2. The third-order valence-electron chi connectivity index (χ3n) is 3.01. The number of nitrogens with two attached hydrogens (primary N) is 1. The van der Waals surface area contributed by atoms with Gasteiger partial charge in [-0.25, -0.2) is 0 Å². The van der Waals surface area contributed by atoms with Crippen LogP contribution in [0.15, 0.2) is 42.5 Å². The topological polar surface area (TPSA) is 116 Å². The van der Waals surface area contributed by atoms with Crippen LogP contribution in [0.4, 0.5) is 5.69 Å². The van der Waals surface area contributed by atoms with Crippen LogP contribution in [0.1, 0.15) is 22.0 Å². The highest BCUT2D eigenvalue weighted by Crippen LogP contribution is 2.24. The lowest BCUT2D eigenvalue weighted by Gasteiger charge is -2.12.